The predicted molar refractivity (Wildman–Crippen MR) is 79.4 cm³/mol. The number of aromatic carboxylic acids is 1. The Hall–Kier alpha value is -1.68. The van der Waals surface area contributed by atoms with Crippen molar-refractivity contribution in [2.45, 2.75) is 37.5 Å². The van der Waals surface area contributed by atoms with Gasteiger partial charge in [0.05, 0.1) is 6.20 Å². The number of carboxylic acid groups (broad SMARTS) is 1. The van der Waals surface area contributed by atoms with Crippen molar-refractivity contribution in [1.29, 1.82) is 0 Å². The number of carbonyl (C=O) groups is 1. The van der Waals surface area contributed by atoms with Crippen LogP contribution in [0.25, 0.3) is 0 Å². The van der Waals surface area contributed by atoms with E-state index >= 15 is 0 Å². The van der Waals surface area contributed by atoms with Crippen LogP contribution in [0.4, 0.5) is 0 Å². The Morgan fingerprint density at radius 2 is 1.85 bits per heavy atom. The molecule has 3 rings (SSSR count). The summed E-state index contributed by atoms with van der Waals surface area (Å²) in [6, 6.07) is 10.4. The van der Waals surface area contributed by atoms with Gasteiger partial charge in [0.2, 0.25) is 0 Å². The summed E-state index contributed by atoms with van der Waals surface area (Å²) < 4.78 is 0. The molecule has 0 aliphatic heterocycles. The number of rotatable bonds is 3. The molecule has 1 heterocycles. The minimum atomic E-state index is -0.882. The molecule has 0 spiro atoms. The lowest BCUT2D eigenvalue weighted by Crippen LogP contribution is -2.30. The van der Waals surface area contributed by atoms with Crippen molar-refractivity contribution in [2.24, 2.45) is 0 Å². The fraction of sp³-hybridized carbons (Fsp3) is 0.375. The maximum atomic E-state index is 11.1. The zero-order valence-electron chi connectivity index (χ0n) is 11.2. The molecule has 1 aromatic carbocycles. The van der Waals surface area contributed by atoms with Gasteiger partial charge in [-0.2, -0.15) is 0 Å². The van der Waals surface area contributed by atoms with Crippen LogP contribution in [-0.2, 0) is 5.41 Å². The van der Waals surface area contributed by atoms with E-state index in [1.54, 1.807) is 0 Å². The van der Waals surface area contributed by atoms with Gasteiger partial charge in [0, 0.05) is 5.41 Å². The van der Waals surface area contributed by atoms with Crippen LogP contribution in [0.1, 0.15) is 52.3 Å². The number of benzene rings is 1. The number of thiazole rings is 1. The standard InChI is InChI=1S/C16H17NO2S/c18-14(19)13-11-17-15(20-13)16(9-5-2-6-10-16)12-7-3-1-4-8-12/h1,3-4,7-8,11H,2,5-6,9-10H2,(H,18,19). The Morgan fingerprint density at radius 1 is 1.15 bits per heavy atom. The zero-order chi connectivity index (χ0) is 14.0. The molecular weight excluding hydrogens is 270 g/mol. The third-order valence-corrected chi connectivity index (χ3v) is 5.35. The van der Waals surface area contributed by atoms with Gasteiger partial charge in [-0.3, -0.25) is 0 Å². The molecule has 104 valence electrons. The average molecular weight is 287 g/mol. The van der Waals surface area contributed by atoms with Gasteiger partial charge in [-0.05, 0) is 18.4 Å². The molecule has 1 aliphatic rings. The number of carboxylic acids is 1. The molecule has 4 heteroatoms. The molecule has 0 atom stereocenters. The van der Waals surface area contributed by atoms with Crippen LogP contribution >= 0.6 is 11.3 Å². The monoisotopic (exact) mass is 287 g/mol. The fourth-order valence-electron chi connectivity index (χ4n) is 3.13. The molecule has 3 nitrogen and oxygen atoms in total. The second-order valence-electron chi connectivity index (χ2n) is 5.34. The highest BCUT2D eigenvalue weighted by atomic mass is 32.1. The summed E-state index contributed by atoms with van der Waals surface area (Å²) >= 11 is 1.33. The second kappa shape index (κ2) is 5.37. The van der Waals surface area contributed by atoms with E-state index in [2.05, 4.69) is 29.2 Å². The van der Waals surface area contributed by atoms with Gasteiger partial charge in [-0.25, -0.2) is 9.78 Å². The first-order chi connectivity index (χ1) is 9.72. The van der Waals surface area contributed by atoms with Gasteiger partial charge in [0.1, 0.15) is 9.88 Å². The third-order valence-electron chi connectivity index (χ3n) is 4.16. The second-order valence-corrected chi connectivity index (χ2v) is 6.37. The minimum absolute atomic E-state index is 0.0854. The predicted octanol–water partition coefficient (Wildman–Crippen LogP) is 4.09. The van der Waals surface area contributed by atoms with Crippen LogP contribution < -0.4 is 0 Å². The zero-order valence-corrected chi connectivity index (χ0v) is 12.0. The van der Waals surface area contributed by atoms with Crippen LogP contribution in [0.3, 0.4) is 0 Å². The molecule has 0 radical (unpaired) electrons. The smallest absolute Gasteiger partial charge is 0.347 e. The molecule has 1 fully saturated rings. The molecule has 0 bridgehead atoms. The van der Waals surface area contributed by atoms with Crippen molar-refractivity contribution in [2.75, 3.05) is 0 Å². The molecule has 1 aromatic heterocycles. The van der Waals surface area contributed by atoms with Crippen molar-refractivity contribution in [3.63, 3.8) is 0 Å². The number of hydrogen-bond acceptors (Lipinski definition) is 3. The van der Waals surface area contributed by atoms with E-state index in [1.807, 2.05) is 6.07 Å². The van der Waals surface area contributed by atoms with Crippen molar-refractivity contribution >= 4 is 17.3 Å². The maximum Gasteiger partial charge on any atom is 0.347 e. The quantitative estimate of drug-likeness (QED) is 0.925. The van der Waals surface area contributed by atoms with Crippen LogP contribution in [0.2, 0.25) is 0 Å². The fourth-order valence-corrected chi connectivity index (χ4v) is 4.16. The van der Waals surface area contributed by atoms with Gasteiger partial charge < -0.3 is 5.11 Å². The van der Waals surface area contributed by atoms with Crippen molar-refractivity contribution in [3.8, 4) is 0 Å². The molecule has 1 aliphatic carbocycles. The molecule has 0 unspecified atom stereocenters. The number of hydrogen-bond donors (Lipinski definition) is 1. The van der Waals surface area contributed by atoms with E-state index in [1.165, 1.54) is 42.4 Å². The first-order valence-corrected chi connectivity index (χ1v) is 7.79. The van der Waals surface area contributed by atoms with Crippen molar-refractivity contribution in [3.05, 3.63) is 52.0 Å². The normalized spacial score (nSPS) is 17.8. The van der Waals surface area contributed by atoms with E-state index in [4.69, 9.17) is 5.11 Å². The largest absolute Gasteiger partial charge is 0.477 e. The summed E-state index contributed by atoms with van der Waals surface area (Å²) in [7, 11) is 0. The molecule has 1 N–H and O–H groups in total. The van der Waals surface area contributed by atoms with E-state index in [0.717, 1.165) is 17.8 Å². The molecule has 0 amide bonds. The Bertz CT molecular complexity index is 600. The van der Waals surface area contributed by atoms with Gasteiger partial charge in [0.15, 0.2) is 0 Å². The number of nitrogens with zero attached hydrogens (tertiary/aromatic N) is 1. The molecule has 20 heavy (non-hydrogen) atoms. The van der Waals surface area contributed by atoms with Gasteiger partial charge >= 0.3 is 5.97 Å². The molecule has 1 saturated carbocycles. The van der Waals surface area contributed by atoms with E-state index < -0.39 is 5.97 Å². The third kappa shape index (κ3) is 2.24. The summed E-state index contributed by atoms with van der Waals surface area (Å²) in [4.78, 5) is 15.9. The van der Waals surface area contributed by atoms with Crippen LogP contribution in [0.5, 0.6) is 0 Å². The summed E-state index contributed by atoms with van der Waals surface area (Å²) in [6.45, 7) is 0. The van der Waals surface area contributed by atoms with Gasteiger partial charge in [0.25, 0.3) is 0 Å². The Labute approximate surface area is 122 Å². The van der Waals surface area contributed by atoms with Gasteiger partial charge in [-0.15, -0.1) is 11.3 Å². The maximum absolute atomic E-state index is 11.1. The summed E-state index contributed by atoms with van der Waals surface area (Å²) in [6.07, 6.45) is 7.23. The summed E-state index contributed by atoms with van der Waals surface area (Å²) in [5.41, 5.74) is 1.18. The number of aromatic nitrogens is 1. The minimum Gasteiger partial charge on any atom is -0.477 e. The SMILES string of the molecule is O=C(O)c1cnc(C2(c3ccccc3)CCCCC2)s1. The average Bonchev–Trinajstić information content (AvgIpc) is 2.99. The Kier molecular flexibility index (Phi) is 3.57. The lowest BCUT2D eigenvalue weighted by atomic mass is 9.70. The highest BCUT2D eigenvalue weighted by Gasteiger charge is 2.38. The van der Waals surface area contributed by atoms with Crippen molar-refractivity contribution < 1.29 is 9.90 Å². The summed E-state index contributed by atoms with van der Waals surface area (Å²) in [5, 5.41) is 10.1. The first-order valence-electron chi connectivity index (χ1n) is 6.97. The van der Waals surface area contributed by atoms with E-state index in [0.29, 0.717) is 4.88 Å². The Balaban J connectivity index is 2.07. The highest BCUT2D eigenvalue weighted by Crippen LogP contribution is 2.46. The molecule has 0 saturated heterocycles. The molecular formula is C16H17NO2S. The van der Waals surface area contributed by atoms with Gasteiger partial charge in [-0.1, -0.05) is 49.6 Å². The topological polar surface area (TPSA) is 50.2 Å². The lowest BCUT2D eigenvalue weighted by Gasteiger charge is -2.36. The van der Waals surface area contributed by atoms with Crippen LogP contribution in [0, 0.1) is 0 Å². The summed E-state index contributed by atoms with van der Waals surface area (Å²) in [5.74, 6) is -0.882. The Morgan fingerprint density at radius 3 is 2.45 bits per heavy atom. The van der Waals surface area contributed by atoms with Crippen molar-refractivity contribution in [1.82, 2.24) is 4.98 Å². The van der Waals surface area contributed by atoms with Crippen LogP contribution in [0.15, 0.2) is 36.5 Å². The van der Waals surface area contributed by atoms with Crippen LogP contribution in [-0.4, -0.2) is 16.1 Å². The first kappa shape index (κ1) is 13.3. The highest BCUT2D eigenvalue weighted by molar-refractivity contribution is 7.13. The van der Waals surface area contributed by atoms with E-state index in [-0.39, 0.29) is 5.41 Å². The lowest BCUT2D eigenvalue weighted by molar-refractivity contribution is 0.0702. The molecule has 2 aromatic rings. The van der Waals surface area contributed by atoms with E-state index in [9.17, 15) is 4.79 Å².